The van der Waals surface area contributed by atoms with Gasteiger partial charge in [-0.2, -0.15) is 4.42 Å². The Morgan fingerprint density at radius 1 is 1.14 bits per heavy atom. The van der Waals surface area contributed by atoms with Gasteiger partial charge in [-0.05, 0) is 39.5 Å². The number of ether oxygens (including phenoxy) is 2. The average Bonchev–Trinajstić information content (AvgIpc) is 2.71. The second-order valence-corrected chi connectivity index (χ2v) is 10.7. The van der Waals surface area contributed by atoms with Gasteiger partial charge in [0, 0.05) is 13.7 Å². The molecule has 0 radical (unpaired) electrons. The Labute approximate surface area is 170 Å². The standard InChI is InChI=1S/C16H29ClN2O8S/c1-15(2)14(23)18(16(3,4)19(15)17)6-7-28(24,25)8-9-10(20)11(21)12(22)13(26-5)27-9/h9-13,20-22H,6-8H2,1-5H3/t9-,10+,11+,12-,13-/m1/s1. The molecule has 10 nitrogen and oxygen atoms in total. The maximum absolute atomic E-state index is 12.6. The van der Waals surface area contributed by atoms with E-state index in [1.54, 1.807) is 27.7 Å². The van der Waals surface area contributed by atoms with Crippen LogP contribution in [-0.2, 0) is 24.1 Å². The van der Waals surface area contributed by atoms with Crippen molar-refractivity contribution in [1.82, 2.24) is 9.32 Å². The Bertz CT molecular complexity index is 699. The number of sulfone groups is 1. The summed E-state index contributed by atoms with van der Waals surface area (Å²) in [4.78, 5) is 14.0. The van der Waals surface area contributed by atoms with Gasteiger partial charge < -0.3 is 29.7 Å². The minimum atomic E-state index is -3.79. The largest absolute Gasteiger partial charge is 0.388 e. The Hall–Kier alpha value is -0.530. The molecule has 2 saturated heterocycles. The Morgan fingerprint density at radius 2 is 1.71 bits per heavy atom. The third-order valence-electron chi connectivity index (χ3n) is 5.35. The number of carbonyl (C=O) groups excluding carboxylic acids is 1. The van der Waals surface area contributed by atoms with E-state index in [1.807, 2.05) is 0 Å². The molecule has 0 aromatic heterocycles. The number of aliphatic hydroxyl groups excluding tert-OH is 3. The first kappa shape index (κ1) is 23.7. The fourth-order valence-corrected chi connectivity index (χ4v) is 5.21. The predicted molar refractivity (Wildman–Crippen MR) is 99.9 cm³/mol. The Balaban J connectivity index is 2.07. The first-order valence-electron chi connectivity index (χ1n) is 8.88. The van der Waals surface area contributed by atoms with Gasteiger partial charge >= 0.3 is 0 Å². The molecule has 2 aliphatic rings. The quantitative estimate of drug-likeness (QED) is 0.425. The van der Waals surface area contributed by atoms with Gasteiger partial charge in [-0.3, -0.25) is 4.79 Å². The van der Waals surface area contributed by atoms with E-state index >= 15 is 0 Å². The lowest BCUT2D eigenvalue weighted by molar-refractivity contribution is -0.285. The van der Waals surface area contributed by atoms with E-state index in [2.05, 4.69) is 0 Å². The summed E-state index contributed by atoms with van der Waals surface area (Å²) < 4.78 is 36.7. The number of aliphatic hydroxyl groups is 3. The van der Waals surface area contributed by atoms with Crippen LogP contribution < -0.4 is 0 Å². The van der Waals surface area contributed by atoms with Crippen molar-refractivity contribution in [2.75, 3.05) is 25.2 Å². The van der Waals surface area contributed by atoms with Crippen molar-refractivity contribution >= 4 is 27.5 Å². The molecule has 5 atom stereocenters. The third-order valence-corrected chi connectivity index (χ3v) is 7.82. The lowest BCUT2D eigenvalue weighted by Crippen LogP contribution is -2.59. The second-order valence-electron chi connectivity index (χ2n) is 8.16. The van der Waals surface area contributed by atoms with Gasteiger partial charge in [-0.25, -0.2) is 8.42 Å². The monoisotopic (exact) mass is 444 g/mol. The average molecular weight is 445 g/mol. The molecule has 2 aliphatic heterocycles. The summed E-state index contributed by atoms with van der Waals surface area (Å²) in [5.74, 6) is -1.28. The van der Waals surface area contributed by atoms with E-state index in [-0.39, 0.29) is 18.2 Å². The molecule has 0 spiro atoms. The van der Waals surface area contributed by atoms with Crippen LogP contribution >= 0.6 is 11.8 Å². The van der Waals surface area contributed by atoms with Gasteiger partial charge in [0.25, 0.3) is 0 Å². The summed E-state index contributed by atoms with van der Waals surface area (Å²) in [6.45, 7) is 6.65. The Morgan fingerprint density at radius 3 is 2.18 bits per heavy atom. The van der Waals surface area contributed by atoms with Crippen LogP contribution in [0.2, 0.25) is 0 Å². The highest BCUT2D eigenvalue weighted by Crippen LogP contribution is 2.39. The first-order chi connectivity index (χ1) is 12.7. The van der Waals surface area contributed by atoms with Crippen LogP contribution in [-0.4, -0.2) is 106 Å². The molecular weight excluding hydrogens is 416 g/mol. The molecule has 3 N–H and O–H groups in total. The molecular formula is C16H29ClN2O8S. The lowest BCUT2D eigenvalue weighted by Gasteiger charge is -2.39. The number of halogens is 1. The van der Waals surface area contributed by atoms with Crippen molar-refractivity contribution in [3.8, 4) is 0 Å². The topological polar surface area (TPSA) is 137 Å². The third kappa shape index (κ3) is 4.17. The zero-order chi connectivity index (χ0) is 21.7. The molecule has 2 fully saturated rings. The zero-order valence-corrected chi connectivity index (χ0v) is 18.1. The molecule has 2 rings (SSSR count). The van der Waals surface area contributed by atoms with Crippen molar-refractivity contribution in [1.29, 1.82) is 0 Å². The number of hydrogen-bond acceptors (Lipinski definition) is 9. The van der Waals surface area contributed by atoms with Crippen molar-refractivity contribution in [2.45, 2.75) is 69.6 Å². The summed E-state index contributed by atoms with van der Waals surface area (Å²) >= 11 is 6.27. The number of methoxy groups -OCH3 is 1. The van der Waals surface area contributed by atoms with E-state index in [1.165, 1.54) is 16.4 Å². The highest BCUT2D eigenvalue weighted by atomic mass is 35.5. The summed E-state index contributed by atoms with van der Waals surface area (Å²) in [5.41, 5.74) is -1.87. The lowest BCUT2D eigenvalue weighted by atomic mass is 10.00. The van der Waals surface area contributed by atoms with Gasteiger partial charge in [-0.1, -0.05) is 0 Å². The van der Waals surface area contributed by atoms with E-state index in [0.717, 1.165) is 0 Å². The fourth-order valence-electron chi connectivity index (χ4n) is 3.64. The van der Waals surface area contributed by atoms with Crippen molar-refractivity contribution in [3.05, 3.63) is 0 Å². The number of hydrogen-bond donors (Lipinski definition) is 3. The second kappa shape index (κ2) is 7.95. The Kier molecular flexibility index (Phi) is 6.74. The molecule has 28 heavy (non-hydrogen) atoms. The number of amides is 1. The molecule has 164 valence electrons. The van der Waals surface area contributed by atoms with E-state index in [4.69, 9.17) is 21.3 Å². The van der Waals surface area contributed by atoms with E-state index < -0.39 is 57.5 Å². The summed E-state index contributed by atoms with van der Waals surface area (Å²) in [6.07, 6.45) is -7.25. The maximum Gasteiger partial charge on any atom is 0.245 e. The van der Waals surface area contributed by atoms with Gasteiger partial charge in [0.15, 0.2) is 16.1 Å². The van der Waals surface area contributed by atoms with Crippen LogP contribution in [0.1, 0.15) is 27.7 Å². The van der Waals surface area contributed by atoms with Gasteiger partial charge in [-0.15, -0.1) is 0 Å². The molecule has 0 saturated carbocycles. The van der Waals surface area contributed by atoms with Crippen LogP contribution in [0.5, 0.6) is 0 Å². The highest BCUT2D eigenvalue weighted by Gasteiger charge is 2.56. The van der Waals surface area contributed by atoms with Crippen molar-refractivity contribution < 1.29 is 38.0 Å². The normalized spacial score (nSPS) is 36.1. The highest BCUT2D eigenvalue weighted by molar-refractivity contribution is 7.91. The van der Waals surface area contributed by atoms with Gasteiger partial charge in [0.1, 0.15) is 35.6 Å². The van der Waals surface area contributed by atoms with Crippen LogP contribution in [0.25, 0.3) is 0 Å². The smallest absolute Gasteiger partial charge is 0.245 e. The minimum Gasteiger partial charge on any atom is -0.388 e. The van der Waals surface area contributed by atoms with Gasteiger partial charge in [0.2, 0.25) is 5.91 Å². The SMILES string of the molecule is CO[C@@H]1O[C@H](CS(=O)(=O)CCN2C(=O)C(C)(C)N(Cl)C2(C)C)[C@H](O)[C@H](O)[C@H]1O. The maximum atomic E-state index is 12.6. The van der Waals surface area contributed by atoms with Crippen molar-refractivity contribution in [2.24, 2.45) is 0 Å². The molecule has 0 aromatic carbocycles. The number of nitrogens with zero attached hydrogens (tertiary/aromatic N) is 2. The molecule has 0 bridgehead atoms. The summed E-state index contributed by atoms with van der Waals surface area (Å²) in [6, 6.07) is 0. The van der Waals surface area contributed by atoms with Crippen LogP contribution in [0.4, 0.5) is 0 Å². The van der Waals surface area contributed by atoms with Crippen molar-refractivity contribution in [3.63, 3.8) is 0 Å². The zero-order valence-electron chi connectivity index (χ0n) is 16.6. The molecule has 2 heterocycles. The van der Waals surface area contributed by atoms with Gasteiger partial charge in [0.05, 0.1) is 11.5 Å². The fraction of sp³-hybridized carbons (Fsp3) is 0.938. The van der Waals surface area contributed by atoms with Crippen LogP contribution in [0, 0.1) is 0 Å². The van der Waals surface area contributed by atoms with Crippen LogP contribution in [0.3, 0.4) is 0 Å². The molecule has 1 amide bonds. The minimum absolute atomic E-state index is 0.0947. The predicted octanol–water partition coefficient (Wildman–Crippen LogP) is -1.33. The number of carbonyl (C=O) groups is 1. The molecule has 0 aromatic rings. The van der Waals surface area contributed by atoms with E-state index in [9.17, 15) is 28.5 Å². The molecule has 12 heteroatoms. The molecule has 0 unspecified atom stereocenters. The summed E-state index contributed by atoms with van der Waals surface area (Å²) in [7, 11) is -2.56. The van der Waals surface area contributed by atoms with Crippen LogP contribution in [0.15, 0.2) is 0 Å². The first-order valence-corrected chi connectivity index (χ1v) is 11.0. The molecule has 0 aliphatic carbocycles. The number of rotatable bonds is 6. The summed E-state index contributed by atoms with van der Waals surface area (Å²) in [5, 5.41) is 29.7. The van der Waals surface area contributed by atoms with E-state index in [0.29, 0.717) is 0 Å².